The molecule has 0 aromatic heterocycles. The van der Waals surface area contributed by atoms with Crippen LogP contribution in [0.15, 0.2) is 0 Å². The maximum atomic E-state index is 5.48. The van der Waals surface area contributed by atoms with E-state index in [2.05, 4.69) is 0 Å². The second-order valence-corrected chi connectivity index (χ2v) is 3.26. The van der Waals surface area contributed by atoms with Gasteiger partial charge in [-0.05, 0) is 13.8 Å². The van der Waals surface area contributed by atoms with E-state index >= 15 is 0 Å². The first kappa shape index (κ1) is 13.8. The minimum Gasteiger partial charge on any atom is -0.382 e. The molecule has 0 bridgehead atoms. The van der Waals surface area contributed by atoms with Gasteiger partial charge in [0.1, 0.15) is 0 Å². The molecule has 0 N–H and O–H groups in total. The van der Waals surface area contributed by atoms with Crippen molar-refractivity contribution in [2.45, 2.75) is 26.1 Å². The van der Waals surface area contributed by atoms with E-state index in [0.717, 1.165) is 0 Å². The average Bonchev–Trinajstić information content (AvgIpc) is 2.21. The Balaban J connectivity index is 3.23. The number of methoxy groups -OCH3 is 2. The topological polar surface area (TPSA) is 36.9 Å². The summed E-state index contributed by atoms with van der Waals surface area (Å²) in [6, 6.07) is 0. The molecule has 2 atom stereocenters. The van der Waals surface area contributed by atoms with Gasteiger partial charge in [-0.15, -0.1) is 0 Å². The second-order valence-electron chi connectivity index (χ2n) is 3.26. The minimum atomic E-state index is 0.101. The number of hydrogen-bond donors (Lipinski definition) is 0. The highest BCUT2D eigenvalue weighted by atomic mass is 16.6. The van der Waals surface area contributed by atoms with Gasteiger partial charge in [0.2, 0.25) is 0 Å². The molecular formula is C10H22O4. The Morgan fingerprint density at radius 3 is 2.21 bits per heavy atom. The first-order valence-corrected chi connectivity index (χ1v) is 4.91. The summed E-state index contributed by atoms with van der Waals surface area (Å²) in [4.78, 5) is 0. The standard InChI is InChI=1S/C10H22O4/c1-9(12-4)8-14-10(2)7-13-6-5-11-3/h9-10H,5-8H2,1-4H3. The van der Waals surface area contributed by atoms with Crippen molar-refractivity contribution >= 4 is 0 Å². The summed E-state index contributed by atoms with van der Waals surface area (Å²) in [5.74, 6) is 0. The van der Waals surface area contributed by atoms with E-state index in [9.17, 15) is 0 Å². The summed E-state index contributed by atoms with van der Waals surface area (Å²) in [5, 5.41) is 0. The van der Waals surface area contributed by atoms with Crippen molar-refractivity contribution in [1.29, 1.82) is 0 Å². The Morgan fingerprint density at radius 1 is 0.929 bits per heavy atom. The van der Waals surface area contributed by atoms with Crippen LogP contribution in [0.4, 0.5) is 0 Å². The van der Waals surface area contributed by atoms with Gasteiger partial charge in [0.05, 0.1) is 38.6 Å². The van der Waals surface area contributed by atoms with Gasteiger partial charge >= 0.3 is 0 Å². The highest BCUT2D eigenvalue weighted by molar-refractivity contribution is 4.51. The van der Waals surface area contributed by atoms with Crippen molar-refractivity contribution in [3.8, 4) is 0 Å². The van der Waals surface area contributed by atoms with Gasteiger partial charge in [-0.1, -0.05) is 0 Å². The summed E-state index contributed by atoms with van der Waals surface area (Å²) >= 11 is 0. The van der Waals surface area contributed by atoms with Crippen LogP contribution in [-0.4, -0.2) is 52.9 Å². The van der Waals surface area contributed by atoms with Crippen LogP contribution in [0, 0.1) is 0 Å². The molecular weight excluding hydrogens is 184 g/mol. The van der Waals surface area contributed by atoms with Crippen molar-refractivity contribution in [2.24, 2.45) is 0 Å². The molecule has 4 nitrogen and oxygen atoms in total. The summed E-state index contributed by atoms with van der Waals surface area (Å²) < 4.78 is 20.7. The Labute approximate surface area is 86.5 Å². The van der Waals surface area contributed by atoms with Gasteiger partial charge in [0.15, 0.2) is 0 Å². The van der Waals surface area contributed by atoms with E-state index in [-0.39, 0.29) is 12.2 Å². The molecule has 0 saturated heterocycles. The molecule has 0 aliphatic carbocycles. The zero-order valence-corrected chi connectivity index (χ0v) is 9.62. The molecule has 4 heteroatoms. The third kappa shape index (κ3) is 8.44. The Bertz CT molecular complexity index is 119. The quantitative estimate of drug-likeness (QED) is 0.529. The lowest BCUT2D eigenvalue weighted by Crippen LogP contribution is -2.23. The van der Waals surface area contributed by atoms with E-state index in [4.69, 9.17) is 18.9 Å². The normalized spacial score (nSPS) is 15.4. The molecule has 86 valence electrons. The lowest BCUT2D eigenvalue weighted by Gasteiger charge is -2.16. The monoisotopic (exact) mass is 206 g/mol. The van der Waals surface area contributed by atoms with E-state index in [1.165, 1.54) is 0 Å². The van der Waals surface area contributed by atoms with Crippen LogP contribution < -0.4 is 0 Å². The number of ether oxygens (including phenoxy) is 4. The molecule has 0 fully saturated rings. The summed E-state index contributed by atoms with van der Waals surface area (Å²) in [6.07, 6.45) is 0.237. The molecule has 0 aliphatic rings. The molecule has 0 saturated carbocycles. The van der Waals surface area contributed by atoms with E-state index < -0.39 is 0 Å². The van der Waals surface area contributed by atoms with Crippen molar-refractivity contribution in [3.63, 3.8) is 0 Å². The molecule has 0 rings (SSSR count). The summed E-state index contributed by atoms with van der Waals surface area (Å²) in [5.41, 5.74) is 0. The van der Waals surface area contributed by atoms with Gasteiger partial charge in [0.25, 0.3) is 0 Å². The highest BCUT2D eigenvalue weighted by Gasteiger charge is 2.05. The van der Waals surface area contributed by atoms with Gasteiger partial charge in [-0.2, -0.15) is 0 Å². The van der Waals surface area contributed by atoms with Crippen molar-refractivity contribution in [1.82, 2.24) is 0 Å². The average molecular weight is 206 g/mol. The molecule has 0 aliphatic heterocycles. The van der Waals surface area contributed by atoms with Crippen LogP contribution in [0.1, 0.15) is 13.8 Å². The van der Waals surface area contributed by atoms with E-state index in [0.29, 0.717) is 26.4 Å². The fraction of sp³-hybridized carbons (Fsp3) is 1.00. The van der Waals surface area contributed by atoms with Crippen molar-refractivity contribution in [2.75, 3.05) is 40.6 Å². The van der Waals surface area contributed by atoms with Crippen LogP contribution in [0.2, 0.25) is 0 Å². The zero-order valence-electron chi connectivity index (χ0n) is 9.62. The van der Waals surface area contributed by atoms with E-state index in [1.54, 1.807) is 14.2 Å². The van der Waals surface area contributed by atoms with Gasteiger partial charge in [-0.3, -0.25) is 0 Å². The molecule has 0 amide bonds. The maximum Gasteiger partial charge on any atom is 0.0781 e. The fourth-order valence-electron chi connectivity index (χ4n) is 0.807. The molecule has 14 heavy (non-hydrogen) atoms. The second kappa shape index (κ2) is 9.40. The zero-order chi connectivity index (χ0) is 10.8. The van der Waals surface area contributed by atoms with Crippen molar-refractivity contribution in [3.05, 3.63) is 0 Å². The molecule has 2 unspecified atom stereocenters. The minimum absolute atomic E-state index is 0.101. The lowest BCUT2D eigenvalue weighted by molar-refractivity contribution is -0.0515. The lowest BCUT2D eigenvalue weighted by atomic mass is 10.4. The van der Waals surface area contributed by atoms with Crippen LogP contribution in [-0.2, 0) is 18.9 Å². The van der Waals surface area contributed by atoms with Crippen LogP contribution in [0.25, 0.3) is 0 Å². The smallest absolute Gasteiger partial charge is 0.0781 e. The third-order valence-corrected chi connectivity index (χ3v) is 1.80. The summed E-state index contributed by atoms with van der Waals surface area (Å²) in [6.45, 7) is 6.39. The Morgan fingerprint density at radius 2 is 1.64 bits per heavy atom. The SMILES string of the molecule is COCCOCC(C)OCC(C)OC. The fourth-order valence-corrected chi connectivity index (χ4v) is 0.807. The largest absolute Gasteiger partial charge is 0.382 e. The Hall–Kier alpha value is -0.160. The molecule has 0 aromatic rings. The maximum absolute atomic E-state index is 5.48. The van der Waals surface area contributed by atoms with Crippen LogP contribution in [0.5, 0.6) is 0 Å². The molecule has 0 aromatic carbocycles. The van der Waals surface area contributed by atoms with Crippen molar-refractivity contribution < 1.29 is 18.9 Å². The van der Waals surface area contributed by atoms with E-state index in [1.807, 2.05) is 13.8 Å². The molecule has 0 heterocycles. The number of rotatable bonds is 9. The van der Waals surface area contributed by atoms with Gasteiger partial charge < -0.3 is 18.9 Å². The third-order valence-electron chi connectivity index (χ3n) is 1.80. The molecule has 0 spiro atoms. The predicted octanol–water partition coefficient (Wildman–Crippen LogP) is 1.09. The summed E-state index contributed by atoms with van der Waals surface area (Å²) in [7, 11) is 3.33. The predicted molar refractivity (Wildman–Crippen MR) is 54.6 cm³/mol. The first-order valence-electron chi connectivity index (χ1n) is 4.91. The number of hydrogen-bond acceptors (Lipinski definition) is 4. The van der Waals surface area contributed by atoms with Gasteiger partial charge in [0, 0.05) is 14.2 Å². The van der Waals surface area contributed by atoms with Crippen LogP contribution in [0.3, 0.4) is 0 Å². The molecule has 0 radical (unpaired) electrons. The Kier molecular flexibility index (Phi) is 9.29. The first-order chi connectivity index (χ1) is 6.70. The van der Waals surface area contributed by atoms with Gasteiger partial charge in [-0.25, -0.2) is 0 Å². The highest BCUT2D eigenvalue weighted by Crippen LogP contribution is 1.96. The van der Waals surface area contributed by atoms with Crippen LogP contribution >= 0.6 is 0 Å².